The summed E-state index contributed by atoms with van der Waals surface area (Å²) in [4.78, 5) is 27.4. The summed E-state index contributed by atoms with van der Waals surface area (Å²) in [6.07, 6.45) is 5.79. The van der Waals surface area contributed by atoms with Gasteiger partial charge in [-0.25, -0.2) is 9.97 Å². The van der Waals surface area contributed by atoms with E-state index in [4.69, 9.17) is 0 Å². The molecular weight excluding hydrogens is 356 g/mol. The van der Waals surface area contributed by atoms with Crippen molar-refractivity contribution in [2.75, 3.05) is 6.54 Å². The van der Waals surface area contributed by atoms with Crippen LogP contribution in [-0.2, 0) is 13.0 Å². The summed E-state index contributed by atoms with van der Waals surface area (Å²) in [5.74, 6) is 0.0329. The molecule has 1 aliphatic heterocycles. The molecule has 3 aromatic rings. The zero-order valence-corrected chi connectivity index (χ0v) is 13.8. The van der Waals surface area contributed by atoms with E-state index in [1.807, 2.05) is 11.0 Å². The maximum atomic E-state index is 12.6. The van der Waals surface area contributed by atoms with Crippen LogP contribution >= 0.6 is 15.9 Å². The standard InChI is InChI=1S/C17H13BrN4O/c18-14-8-12-7-13-10-22(17(23)11-1-4-19-5-2-11)6-3-15(13)21-16(12)20-9-14/h1-2,4-5,7-9H,3,6,10H2. The Morgan fingerprint density at radius 2 is 2.04 bits per heavy atom. The molecule has 1 aliphatic rings. The van der Waals surface area contributed by atoms with E-state index in [-0.39, 0.29) is 5.91 Å². The summed E-state index contributed by atoms with van der Waals surface area (Å²) in [5.41, 5.74) is 3.54. The van der Waals surface area contributed by atoms with Crippen molar-refractivity contribution in [1.29, 1.82) is 0 Å². The van der Waals surface area contributed by atoms with Crippen molar-refractivity contribution >= 4 is 32.9 Å². The number of aromatic nitrogens is 3. The molecule has 0 saturated carbocycles. The molecule has 6 heteroatoms. The van der Waals surface area contributed by atoms with Gasteiger partial charge in [0.2, 0.25) is 0 Å². The van der Waals surface area contributed by atoms with Crippen LogP contribution in [0.15, 0.2) is 47.3 Å². The molecule has 3 aromatic heterocycles. The minimum atomic E-state index is 0.0329. The van der Waals surface area contributed by atoms with E-state index in [9.17, 15) is 4.79 Å². The van der Waals surface area contributed by atoms with Gasteiger partial charge in [-0.2, -0.15) is 0 Å². The Kier molecular flexibility index (Phi) is 3.53. The van der Waals surface area contributed by atoms with Crippen molar-refractivity contribution in [2.45, 2.75) is 13.0 Å². The van der Waals surface area contributed by atoms with Crippen LogP contribution in [0.2, 0.25) is 0 Å². The van der Waals surface area contributed by atoms with E-state index in [0.29, 0.717) is 18.7 Å². The summed E-state index contributed by atoms with van der Waals surface area (Å²) >= 11 is 3.43. The molecule has 0 aliphatic carbocycles. The van der Waals surface area contributed by atoms with Crippen LogP contribution in [0.1, 0.15) is 21.6 Å². The first-order chi connectivity index (χ1) is 11.2. The lowest BCUT2D eigenvalue weighted by atomic mass is 10.0. The van der Waals surface area contributed by atoms with Gasteiger partial charge in [0, 0.05) is 59.2 Å². The maximum absolute atomic E-state index is 12.6. The highest BCUT2D eigenvalue weighted by Gasteiger charge is 2.23. The first-order valence-corrected chi connectivity index (χ1v) is 8.13. The van der Waals surface area contributed by atoms with E-state index in [1.165, 1.54) is 0 Å². The topological polar surface area (TPSA) is 59.0 Å². The molecule has 4 rings (SSSR count). The Labute approximate surface area is 141 Å². The number of pyridine rings is 3. The minimum Gasteiger partial charge on any atom is -0.334 e. The zero-order valence-electron chi connectivity index (χ0n) is 12.2. The second-order valence-electron chi connectivity index (χ2n) is 5.51. The summed E-state index contributed by atoms with van der Waals surface area (Å²) in [6, 6.07) is 7.58. The largest absolute Gasteiger partial charge is 0.334 e. The van der Waals surface area contributed by atoms with Crippen LogP contribution in [-0.4, -0.2) is 32.3 Å². The van der Waals surface area contributed by atoms with Crippen LogP contribution in [0.3, 0.4) is 0 Å². The Bertz CT molecular complexity index is 898. The highest BCUT2D eigenvalue weighted by molar-refractivity contribution is 9.10. The van der Waals surface area contributed by atoms with Gasteiger partial charge in [0.05, 0.1) is 0 Å². The number of hydrogen-bond acceptors (Lipinski definition) is 4. The average Bonchev–Trinajstić information content (AvgIpc) is 2.59. The number of fused-ring (bicyclic) bond motifs is 2. The van der Waals surface area contributed by atoms with Gasteiger partial charge < -0.3 is 4.90 Å². The number of rotatable bonds is 1. The SMILES string of the molecule is O=C(c1ccncc1)N1CCc2nc3ncc(Br)cc3cc2C1. The van der Waals surface area contributed by atoms with Gasteiger partial charge in [0.15, 0.2) is 5.65 Å². The quantitative estimate of drug-likeness (QED) is 0.662. The summed E-state index contributed by atoms with van der Waals surface area (Å²) in [5, 5.41) is 0.983. The monoisotopic (exact) mass is 368 g/mol. The van der Waals surface area contributed by atoms with Crippen molar-refractivity contribution < 1.29 is 4.79 Å². The first kappa shape index (κ1) is 14.3. The molecule has 4 heterocycles. The van der Waals surface area contributed by atoms with Crippen LogP contribution < -0.4 is 0 Å². The molecular formula is C17H13BrN4O. The second-order valence-corrected chi connectivity index (χ2v) is 6.42. The Morgan fingerprint density at radius 3 is 2.87 bits per heavy atom. The van der Waals surface area contributed by atoms with E-state index in [0.717, 1.165) is 33.2 Å². The number of hydrogen-bond donors (Lipinski definition) is 0. The van der Waals surface area contributed by atoms with Crippen LogP contribution in [0.25, 0.3) is 11.0 Å². The van der Waals surface area contributed by atoms with Gasteiger partial charge in [-0.3, -0.25) is 9.78 Å². The lowest BCUT2D eigenvalue weighted by molar-refractivity contribution is 0.0733. The summed E-state index contributed by atoms with van der Waals surface area (Å²) < 4.78 is 0.923. The lowest BCUT2D eigenvalue weighted by Gasteiger charge is -2.28. The van der Waals surface area contributed by atoms with Gasteiger partial charge >= 0.3 is 0 Å². The normalized spacial score (nSPS) is 13.9. The molecule has 0 bridgehead atoms. The third-order valence-electron chi connectivity index (χ3n) is 4.00. The highest BCUT2D eigenvalue weighted by atomic mass is 79.9. The van der Waals surface area contributed by atoms with E-state index in [1.54, 1.807) is 30.7 Å². The van der Waals surface area contributed by atoms with Crippen LogP contribution in [0.4, 0.5) is 0 Å². The fourth-order valence-electron chi connectivity index (χ4n) is 2.85. The molecule has 0 unspecified atom stereocenters. The van der Waals surface area contributed by atoms with E-state index in [2.05, 4.69) is 36.9 Å². The second kappa shape index (κ2) is 5.70. The molecule has 0 spiro atoms. The molecule has 0 radical (unpaired) electrons. The fourth-order valence-corrected chi connectivity index (χ4v) is 3.20. The highest BCUT2D eigenvalue weighted by Crippen LogP contribution is 2.24. The molecule has 1 amide bonds. The molecule has 0 atom stereocenters. The van der Waals surface area contributed by atoms with Crippen molar-refractivity contribution in [2.24, 2.45) is 0 Å². The third kappa shape index (κ3) is 2.70. The number of carbonyl (C=O) groups is 1. The molecule has 114 valence electrons. The minimum absolute atomic E-state index is 0.0329. The number of halogens is 1. The molecule has 0 saturated heterocycles. The van der Waals surface area contributed by atoms with Crippen molar-refractivity contribution in [3.63, 3.8) is 0 Å². The predicted molar refractivity (Wildman–Crippen MR) is 89.9 cm³/mol. The Hall–Kier alpha value is -2.34. The van der Waals surface area contributed by atoms with Crippen LogP contribution in [0, 0.1) is 0 Å². The Balaban J connectivity index is 1.67. The van der Waals surface area contributed by atoms with Crippen LogP contribution in [0.5, 0.6) is 0 Å². The first-order valence-electron chi connectivity index (χ1n) is 7.34. The molecule has 0 fully saturated rings. The molecule has 0 aromatic carbocycles. The number of nitrogens with zero attached hydrogens (tertiary/aromatic N) is 4. The zero-order chi connectivity index (χ0) is 15.8. The van der Waals surface area contributed by atoms with Crippen molar-refractivity contribution in [3.05, 3.63) is 64.1 Å². The molecule has 5 nitrogen and oxygen atoms in total. The smallest absolute Gasteiger partial charge is 0.254 e. The van der Waals surface area contributed by atoms with Gasteiger partial charge in [0.1, 0.15) is 0 Å². The van der Waals surface area contributed by atoms with Crippen molar-refractivity contribution in [1.82, 2.24) is 19.9 Å². The number of carbonyl (C=O) groups excluding carboxylic acids is 1. The summed E-state index contributed by atoms with van der Waals surface area (Å²) in [6.45, 7) is 1.25. The fraction of sp³-hybridized carbons (Fsp3) is 0.176. The van der Waals surface area contributed by atoms with E-state index < -0.39 is 0 Å². The van der Waals surface area contributed by atoms with Gasteiger partial charge in [-0.15, -0.1) is 0 Å². The Morgan fingerprint density at radius 1 is 1.22 bits per heavy atom. The molecule has 23 heavy (non-hydrogen) atoms. The van der Waals surface area contributed by atoms with Crippen molar-refractivity contribution in [3.8, 4) is 0 Å². The van der Waals surface area contributed by atoms with Gasteiger partial charge in [0.25, 0.3) is 5.91 Å². The third-order valence-corrected chi connectivity index (χ3v) is 4.43. The van der Waals surface area contributed by atoms with Gasteiger partial charge in [-0.05, 0) is 45.8 Å². The van der Waals surface area contributed by atoms with E-state index >= 15 is 0 Å². The molecule has 0 N–H and O–H groups in total. The predicted octanol–water partition coefficient (Wildman–Crippen LogP) is 2.99. The summed E-state index contributed by atoms with van der Waals surface area (Å²) in [7, 11) is 0. The lowest BCUT2D eigenvalue weighted by Crippen LogP contribution is -2.36. The maximum Gasteiger partial charge on any atom is 0.254 e. The van der Waals surface area contributed by atoms with Gasteiger partial charge in [-0.1, -0.05) is 0 Å². The average molecular weight is 369 g/mol. The number of amides is 1.